The monoisotopic (exact) mass is 254 g/mol. The number of furan rings is 1. The molecule has 0 aromatic carbocycles. The van der Waals surface area contributed by atoms with E-state index in [1.807, 2.05) is 0 Å². The van der Waals surface area contributed by atoms with Gasteiger partial charge in [-0.3, -0.25) is 0 Å². The highest BCUT2D eigenvalue weighted by molar-refractivity contribution is 5.86. The Labute approximate surface area is 108 Å². The molecule has 0 aliphatic rings. The Morgan fingerprint density at radius 1 is 1.44 bits per heavy atom. The van der Waals surface area contributed by atoms with Gasteiger partial charge in [-0.25, -0.2) is 4.79 Å². The van der Waals surface area contributed by atoms with E-state index in [2.05, 4.69) is 24.1 Å². The first kappa shape index (κ1) is 14.7. The van der Waals surface area contributed by atoms with Crippen molar-refractivity contribution in [2.45, 2.75) is 26.8 Å². The molecule has 0 bridgehead atoms. The fourth-order valence-electron chi connectivity index (χ4n) is 1.87. The van der Waals surface area contributed by atoms with Crippen molar-refractivity contribution >= 4 is 5.97 Å². The predicted octanol–water partition coefficient (Wildman–Crippen LogP) is 1.80. The molecule has 0 saturated carbocycles. The first-order valence-electron chi connectivity index (χ1n) is 6.41. The quantitative estimate of drug-likeness (QED) is 0.658. The highest BCUT2D eigenvalue weighted by Crippen LogP contribution is 2.09. The van der Waals surface area contributed by atoms with Crippen molar-refractivity contribution in [2.24, 2.45) is 0 Å². The zero-order valence-electron chi connectivity index (χ0n) is 11.1. The number of aromatic carboxylic acids is 1. The van der Waals surface area contributed by atoms with E-state index in [1.54, 1.807) is 6.07 Å². The van der Waals surface area contributed by atoms with Crippen LogP contribution < -0.4 is 5.32 Å². The third-order valence-electron chi connectivity index (χ3n) is 2.85. The van der Waals surface area contributed by atoms with Crippen LogP contribution in [0.5, 0.6) is 0 Å². The van der Waals surface area contributed by atoms with Gasteiger partial charge in [0, 0.05) is 25.2 Å². The third kappa shape index (κ3) is 4.50. The Morgan fingerprint density at radius 3 is 2.83 bits per heavy atom. The van der Waals surface area contributed by atoms with Crippen molar-refractivity contribution < 1.29 is 14.3 Å². The average Bonchev–Trinajstić information content (AvgIpc) is 2.81. The topological polar surface area (TPSA) is 65.7 Å². The summed E-state index contributed by atoms with van der Waals surface area (Å²) in [5, 5.41) is 12.1. The summed E-state index contributed by atoms with van der Waals surface area (Å²) in [6, 6.07) is 1.69. The van der Waals surface area contributed by atoms with Crippen LogP contribution >= 0.6 is 0 Å². The minimum atomic E-state index is -1.02. The molecule has 0 aliphatic heterocycles. The number of likely N-dealkylation sites (N-methyl/N-ethyl adjacent to an activating group) is 1. The lowest BCUT2D eigenvalue weighted by atomic mass is 10.2. The molecule has 0 fully saturated rings. The second kappa shape index (κ2) is 7.89. The molecule has 5 nitrogen and oxygen atoms in total. The van der Waals surface area contributed by atoms with Crippen molar-refractivity contribution in [1.29, 1.82) is 0 Å². The lowest BCUT2D eigenvalue weighted by Gasteiger charge is -2.19. The highest BCUT2D eigenvalue weighted by Gasteiger charge is 2.13. The van der Waals surface area contributed by atoms with Gasteiger partial charge in [0.25, 0.3) is 0 Å². The number of carbonyl (C=O) groups is 1. The van der Waals surface area contributed by atoms with E-state index < -0.39 is 5.97 Å². The number of nitrogens with one attached hydrogen (secondary N) is 1. The lowest BCUT2D eigenvalue weighted by molar-refractivity contribution is 0.0660. The molecule has 0 unspecified atom stereocenters. The van der Waals surface area contributed by atoms with Crippen LogP contribution in [0.1, 0.15) is 36.4 Å². The number of hydrogen-bond donors (Lipinski definition) is 2. The fraction of sp³-hybridized carbons (Fsp3) is 0.615. The summed E-state index contributed by atoms with van der Waals surface area (Å²) in [6.45, 7) is 8.81. The molecule has 102 valence electrons. The first-order valence-corrected chi connectivity index (χ1v) is 6.41. The molecule has 1 aromatic rings. The number of hydrogen-bond acceptors (Lipinski definition) is 4. The second-order valence-electron chi connectivity index (χ2n) is 4.19. The molecule has 2 N–H and O–H groups in total. The molecule has 1 aromatic heterocycles. The van der Waals surface area contributed by atoms with Crippen LogP contribution in [0.2, 0.25) is 0 Å². The summed E-state index contributed by atoms with van der Waals surface area (Å²) < 4.78 is 4.91. The van der Waals surface area contributed by atoms with Crippen molar-refractivity contribution in [2.75, 3.05) is 26.2 Å². The van der Waals surface area contributed by atoms with Crippen LogP contribution in [0.15, 0.2) is 16.7 Å². The minimum Gasteiger partial charge on any atom is -0.475 e. The molecular weight excluding hydrogens is 232 g/mol. The maximum atomic E-state index is 10.8. The van der Waals surface area contributed by atoms with Gasteiger partial charge in [-0.05, 0) is 25.6 Å². The number of carboxylic acid groups (broad SMARTS) is 1. The van der Waals surface area contributed by atoms with E-state index in [1.165, 1.54) is 6.26 Å². The Balaban J connectivity index is 2.29. The van der Waals surface area contributed by atoms with Crippen molar-refractivity contribution in [3.8, 4) is 0 Å². The molecule has 0 saturated heterocycles. The summed E-state index contributed by atoms with van der Waals surface area (Å²) >= 11 is 0. The van der Waals surface area contributed by atoms with E-state index >= 15 is 0 Å². The van der Waals surface area contributed by atoms with Gasteiger partial charge in [0.2, 0.25) is 5.76 Å². The standard InChI is InChI=1S/C13H22N2O3/c1-3-7-15(4-2)8-6-14-10-11-5-9-18-12(11)13(16)17/h5,9,14H,3-4,6-8,10H2,1-2H3,(H,16,17). The lowest BCUT2D eigenvalue weighted by Crippen LogP contribution is -2.32. The molecule has 0 atom stereocenters. The number of carboxylic acids is 1. The van der Waals surface area contributed by atoms with E-state index in [0.29, 0.717) is 12.1 Å². The summed E-state index contributed by atoms with van der Waals surface area (Å²) in [7, 11) is 0. The van der Waals surface area contributed by atoms with Gasteiger partial charge in [-0.1, -0.05) is 13.8 Å². The molecule has 0 aliphatic carbocycles. The average molecular weight is 254 g/mol. The maximum Gasteiger partial charge on any atom is 0.372 e. The van der Waals surface area contributed by atoms with Gasteiger partial charge in [0.1, 0.15) is 0 Å². The van der Waals surface area contributed by atoms with Gasteiger partial charge in [-0.15, -0.1) is 0 Å². The predicted molar refractivity (Wildman–Crippen MR) is 69.8 cm³/mol. The first-order chi connectivity index (χ1) is 8.69. The van der Waals surface area contributed by atoms with Crippen molar-refractivity contribution in [3.63, 3.8) is 0 Å². The van der Waals surface area contributed by atoms with Gasteiger partial charge in [0.15, 0.2) is 0 Å². The Bertz CT molecular complexity index is 363. The smallest absolute Gasteiger partial charge is 0.372 e. The largest absolute Gasteiger partial charge is 0.475 e. The molecule has 18 heavy (non-hydrogen) atoms. The maximum absolute atomic E-state index is 10.8. The number of rotatable bonds is 9. The van der Waals surface area contributed by atoms with Crippen LogP contribution in [-0.4, -0.2) is 42.2 Å². The Hall–Kier alpha value is -1.33. The molecule has 5 heteroatoms. The molecule has 0 radical (unpaired) electrons. The van der Waals surface area contributed by atoms with E-state index in [-0.39, 0.29) is 5.76 Å². The van der Waals surface area contributed by atoms with Gasteiger partial charge >= 0.3 is 5.97 Å². The van der Waals surface area contributed by atoms with Crippen LogP contribution in [0, 0.1) is 0 Å². The minimum absolute atomic E-state index is 0.0309. The number of nitrogens with zero attached hydrogens (tertiary/aromatic N) is 1. The van der Waals surface area contributed by atoms with E-state index in [0.717, 1.165) is 32.6 Å². The zero-order valence-corrected chi connectivity index (χ0v) is 11.1. The summed E-state index contributed by atoms with van der Waals surface area (Å²) in [6.07, 6.45) is 2.56. The van der Waals surface area contributed by atoms with Crippen molar-refractivity contribution in [1.82, 2.24) is 10.2 Å². The van der Waals surface area contributed by atoms with Crippen LogP contribution in [0.4, 0.5) is 0 Å². The normalized spacial score (nSPS) is 11.1. The molecule has 0 spiro atoms. The fourth-order valence-corrected chi connectivity index (χ4v) is 1.87. The van der Waals surface area contributed by atoms with Gasteiger partial charge < -0.3 is 19.7 Å². The molecular formula is C13H22N2O3. The summed E-state index contributed by atoms with van der Waals surface area (Å²) in [5.74, 6) is -0.985. The second-order valence-corrected chi connectivity index (χ2v) is 4.19. The Kier molecular flexibility index (Phi) is 6.46. The SMILES string of the molecule is CCCN(CC)CCNCc1ccoc1C(=O)O. The molecule has 1 rings (SSSR count). The molecule has 0 amide bonds. The van der Waals surface area contributed by atoms with Crippen LogP contribution in [-0.2, 0) is 6.54 Å². The van der Waals surface area contributed by atoms with Crippen molar-refractivity contribution in [3.05, 3.63) is 23.7 Å². The third-order valence-corrected chi connectivity index (χ3v) is 2.85. The van der Waals surface area contributed by atoms with Gasteiger partial charge in [0.05, 0.1) is 6.26 Å². The zero-order chi connectivity index (χ0) is 13.4. The Morgan fingerprint density at radius 2 is 2.22 bits per heavy atom. The molecule has 1 heterocycles. The van der Waals surface area contributed by atoms with E-state index in [9.17, 15) is 4.79 Å². The van der Waals surface area contributed by atoms with Crippen LogP contribution in [0.25, 0.3) is 0 Å². The van der Waals surface area contributed by atoms with Crippen LogP contribution in [0.3, 0.4) is 0 Å². The summed E-state index contributed by atoms with van der Waals surface area (Å²) in [5.41, 5.74) is 0.695. The van der Waals surface area contributed by atoms with Gasteiger partial charge in [-0.2, -0.15) is 0 Å². The van der Waals surface area contributed by atoms with E-state index in [4.69, 9.17) is 9.52 Å². The highest BCUT2D eigenvalue weighted by atomic mass is 16.4. The summed E-state index contributed by atoms with van der Waals surface area (Å²) in [4.78, 5) is 13.2.